The molecule has 2 aromatic rings. The van der Waals surface area contributed by atoms with E-state index < -0.39 is 0 Å². The van der Waals surface area contributed by atoms with Crippen LogP contribution in [0.5, 0.6) is 0 Å². The zero-order valence-corrected chi connectivity index (χ0v) is 20.4. The Hall–Kier alpha value is -1.42. The number of nitrogens with one attached hydrogen (secondary N) is 2. The Morgan fingerprint density at radius 3 is 2.67 bits per heavy atom. The van der Waals surface area contributed by atoms with Crippen molar-refractivity contribution < 1.29 is 0 Å². The van der Waals surface area contributed by atoms with Gasteiger partial charge >= 0.3 is 0 Å². The third kappa shape index (κ3) is 6.29. The van der Waals surface area contributed by atoms with Gasteiger partial charge in [-0.1, -0.05) is 25.3 Å². The number of hydrogen-bond acceptors (Lipinski definition) is 4. The van der Waals surface area contributed by atoms with Gasteiger partial charge in [0.1, 0.15) is 5.82 Å². The van der Waals surface area contributed by atoms with Gasteiger partial charge in [0, 0.05) is 51.9 Å². The van der Waals surface area contributed by atoms with Crippen LogP contribution in [0.3, 0.4) is 0 Å². The molecule has 0 bridgehead atoms. The minimum absolute atomic E-state index is 0. The second-order valence-electron chi connectivity index (χ2n) is 8.52. The number of rotatable bonds is 6. The molecule has 4 rings (SSSR count). The maximum Gasteiger partial charge on any atom is 0.191 e. The minimum Gasteiger partial charge on any atom is -0.356 e. The molecule has 30 heavy (non-hydrogen) atoms. The average molecular weight is 525 g/mol. The normalized spacial score (nSPS) is 19.6. The third-order valence-electron chi connectivity index (χ3n) is 6.42. The van der Waals surface area contributed by atoms with Crippen LogP contribution in [-0.4, -0.2) is 64.7 Å². The van der Waals surface area contributed by atoms with E-state index in [9.17, 15) is 0 Å². The van der Waals surface area contributed by atoms with Crippen molar-refractivity contribution in [1.29, 1.82) is 0 Å². The molecule has 2 aromatic heterocycles. The van der Waals surface area contributed by atoms with Crippen LogP contribution in [0, 0.1) is 5.92 Å². The molecule has 0 unspecified atom stereocenters. The number of guanidine groups is 1. The molecule has 0 amide bonds. The summed E-state index contributed by atoms with van der Waals surface area (Å²) in [5.41, 5.74) is 0.894. The van der Waals surface area contributed by atoms with Crippen molar-refractivity contribution in [2.24, 2.45) is 10.9 Å². The van der Waals surface area contributed by atoms with Crippen LogP contribution in [0.25, 0.3) is 5.65 Å². The van der Waals surface area contributed by atoms with Crippen LogP contribution in [-0.2, 0) is 6.42 Å². The molecule has 0 atom stereocenters. The lowest BCUT2D eigenvalue weighted by atomic mass is 9.88. The van der Waals surface area contributed by atoms with Crippen molar-refractivity contribution in [3.63, 3.8) is 0 Å². The molecular weight excluding hydrogens is 489 g/mol. The fourth-order valence-electron chi connectivity index (χ4n) is 4.74. The average Bonchev–Trinajstić information content (AvgIpc) is 3.18. The molecule has 2 fully saturated rings. The van der Waals surface area contributed by atoms with Gasteiger partial charge in [0.2, 0.25) is 0 Å². The molecule has 1 saturated heterocycles. The van der Waals surface area contributed by atoms with E-state index >= 15 is 0 Å². The summed E-state index contributed by atoms with van der Waals surface area (Å²) in [5.74, 6) is 2.81. The van der Waals surface area contributed by atoms with Crippen molar-refractivity contribution in [2.75, 3.05) is 33.2 Å². The summed E-state index contributed by atoms with van der Waals surface area (Å²) in [4.78, 5) is 7.10. The van der Waals surface area contributed by atoms with E-state index in [-0.39, 0.29) is 24.0 Å². The maximum atomic E-state index is 4.41. The van der Waals surface area contributed by atoms with E-state index in [0.717, 1.165) is 36.3 Å². The van der Waals surface area contributed by atoms with Crippen molar-refractivity contribution in [3.8, 4) is 0 Å². The molecule has 166 valence electrons. The summed E-state index contributed by atoms with van der Waals surface area (Å²) in [6.45, 7) is 4.51. The van der Waals surface area contributed by atoms with Gasteiger partial charge in [0.05, 0.1) is 0 Å². The standard InChI is InChI=1S/C22H35N7.HI/c1-23-22(24-13-10-21-27-26-20-9-5-6-14-29(20)21)25-19-11-15-28(16-12-19)17-18-7-3-2-4-8-18;/h5-6,9,14,18-19H,2-4,7-8,10-13,15-17H2,1H3,(H2,23,24,25);1H. The highest BCUT2D eigenvalue weighted by Gasteiger charge is 2.23. The minimum atomic E-state index is 0. The van der Waals surface area contributed by atoms with Crippen LogP contribution in [0.1, 0.15) is 50.8 Å². The van der Waals surface area contributed by atoms with Gasteiger partial charge in [0.15, 0.2) is 11.6 Å². The van der Waals surface area contributed by atoms with Crippen LogP contribution >= 0.6 is 24.0 Å². The quantitative estimate of drug-likeness (QED) is 0.345. The van der Waals surface area contributed by atoms with E-state index in [4.69, 9.17) is 0 Å². The van der Waals surface area contributed by atoms with E-state index in [1.165, 1.54) is 64.6 Å². The Morgan fingerprint density at radius 1 is 1.10 bits per heavy atom. The Kier molecular flexibility index (Phi) is 9.17. The molecule has 8 heteroatoms. The van der Waals surface area contributed by atoms with Gasteiger partial charge in [-0.15, -0.1) is 34.2 Å². The summed E-state index contributed by atoms with van der Waals surface area (Å²) >= 11 is 0. The van der Waals surface area contributed by atoms with E-state index in [2.05, 4.69) is 30.7 Å². The van der Waals surface area contributed by atoms with Crippen LogP contribution in [0.15, 0.2) is 29.4 Å². The van der Waals surface area contributed by atoms with Gasteiger partial charge < -0.3 is 15.5 Å². The van der Waals surface area contributed by atoms with Gasteiger partial charge in [-0.25, -0.2) is 0 Å². The second-order valence-corrected chi connectivity index (χ2v) is 8.52. The second kappa shape index (κ2) is 11.8. The molecule has 0 spiro atoms. The first kappa shape index (κ1) is 23.2. The Bertz CT molecular complexity index is 792. The Balaban J connectivity index is 0.00000256. The molecule has 2 N–H and O–H groups in total. The number of hydrogen-bond donors (Lipinski definition) is 2. The lowest BCUT2D eigenvalue weighted by Crippen LogP contribution is -2.49. The molecule has 3 heterocycles. The predicted molar refractivity (Wildman–Crippen MR) is 133 cm³/mol. The lowest BCUT2D eigenvalue weighted by molar-refractivity contribution is 0.160. The maximum absolute atomic E-state index is 4.41. The Morgan fingerprint density at radius 2 is 1.90 bits per heavy atom. The smallest absolute Gasteiger partial charge is 0.191 e. The van der Waals surface area contributed by atoms with Gasteiger partial charge in [-0.3, -0.25) is 9.39 Å². The molecule has 0 radical (unpaired) electrons. The van der Waals surface area contributed by atoms with Gasteiger partial charge in [0.25, 0.3) is 0 Å². The molecule has 2 aliphatic rings. The summed E-state index contributed by atoms with van der Waals surface area (Å²) in [7, 11) is 1.85. The van der Waals surface area contributed by atoms with Gasteiger partial charge in [-0.2, -0.15) is 0 Å². The van der Waals surface area contributed by atoms with Crippen molar-refractivity contribution >= 4 is 35.6 Å². The first-order chi connectivity index (χ1) is 14.3. The monoisotopic (exact) mass is 525 g/mol. The largest absolute Gasteiger partial charge is 0.356 e. The van der Waals surface area contributed by atoms with Crippen molar-refractivity contribution in [3.05, 3.63) is 30.2 Å². The molecule has 1 aliphatic heterocycles. The molecule has 7 nitrogen and oxygen atoms in total. The molecule has 0 aromatic carbocycles. The molecule has 1 saturated carbocycles. The number of aliphatic imine (C=N–C) groups is 1. The fraction of sp³-hybridized carbons (Fsp3) is 0.682. The summed E-state index contributed by atoms with van der Waals surface area (Å²) in [6, 6.07) is 6.48. The fourth-order valence-corrected chi connectivity index (χ4v) is 4.74. The number of nitrogens with zero attached hydrogens (tertiary/aromatic N) is 5. The Labute approximate surface area is 197 Å². The number of aromatic nitrogens is 3. The number of piperidine rings is 1. The summed E-state index contributed by atoms with van der Waals surface area (Å²) < 4.78 is 2.04. The lowest BCUT2D eigenvalue weighted by Gasteiger charge is -2.36. The summed E-state index contributed by atoms with van der Waals surface area (Å²) in [6.07, 6.45) is 12.4. The number of pyridine rings is 1. The van der Waals surface area contributed by atoms with Crippen LogP contribution < -0.4 is 10.6 Å². The predicted octanol–water partition coefficient (Wildman–Crippen LogP) is 3.10. The number of halogens is 1. The van der Waals surface area contributed by atoms with Crippen LogP contribution in [0.4, 0.5) is 0 Å². The first-order valence-corrected chi connectivity index (χ1v) is 11.3. The van der Waals surface area contributed by atoms with E-state index in [0.29, 0.717) is 6.04 Å². The highest BCUT2D eigenvalue weighted by molar-refractivity contribution is 14.0. The number of fused-ring (bicyclic) bond motifs is 1. The topological polar surface area (TPSA) is 69.8 Å². The molecular formula is C22H36IN7. The highest BCUT2D eigenvalue weighted by Crippen LogP contribution is 2.25. The molecule has 1 aliphatic carbocycles. The van der Waals surface area contributed by atoms with Gasteiger partial charge in [-0.05, 0) is 43.7 Å². The SMILES string of the molecule is CN=C(NCCc1nnc2ccccn12)NC1CCN(CC2CCCCC2)CC1.I. The zero-order chi connectivity index (χ0) is 19.9. The van der Waals surface area contributed by atoms with Crippen LogP contribution in [0.2, 0.25) is 0 Å². The van der Waals surface area contributed by atoms with E-state index in [1.54, 1.807) is 0 Å². The van der Waals surface area contributed by atoms with Crippen molar-refractivity contribution in [1.82, 2.24) is 30.1 Å². The highest BCUT2D eigenvalue weighted by atomic mass is 127. The van der Waals surface area contributed by atoms with E-state index in [1.807, 2.05) is 35.8 Å². The zero-order valence-electron chi connectivity index (χ0n) is 18.1. The summed E-state index contributed by atoms with van der Waals surface area (Å²) in [5, 5.41) is 15.6. The first-order valence-electron chi connectivity index (χ1n) is 11.3. The third-order valence-corrected chi connectivity index (χ3v) is 6.42. The number of likely N-dealkylation sites (tertiary alicyclic amines) is 1. The van der Waals surface area contributed by atoms with Crippen molar-refractivity contribution in [2.45, 2.75) is 57.4 Å².